The zero-order valence-electron chi connectivity index (χ0n) is 13.7. The van der Waals surface area contributed by atoms with Crippen LogP contribution in [0.15, 0.2) is 10.4 Å². The Labute approximate surface area is 127 Å². The lowest BCUT2D eigenvalue weighted by molar-refractivity contribution is 0.481. The lowest BCUT2D eigenvalue weighted by Gasteiger charge is -2.20. The van der Waals surface area contributed by atoms with Crippen molar-refractivity contribution in [3.8, 4) is 0 Å². The zero-order chi connectivity index (χ0) is 15.3. The molecule has 0 aliphatic rings. The maximum atomic E-state index is 4.68. The van der Waals surface area contributed by atoms with E-state index in [4.69, 9.17) is 0 Å². The Balaban J connectivity index is 2.55. The maximum absolute atomic E-state index is 4.68. The fourth-order valence-corrected chi connectivity index (χ4v) is 2.43. The Morgan fingerprint density at radius 2 is 2.00 bits per heavy atom. The van der Waals surface area contributed by atoms with E-state index in [1.807, 2.05) is 0 Å². The normalized spacial score (nSPS) is 14.5. The second-order valence-corrected chi connectivity index (χ2v) is 7.42. The van der Waals surface area contributed by atoms with Crippen LogP contribution >= 0.6 is 11.3 Å². The topological polar surface area (TPSA) is 49.3 Å². The second-order valence-electron chi connectivity index (χ2n) is 6.48. The molecule has 0 aliphatic heterocycles. The molecule has 0 fully saturated rings. The van der Waals surface area contributed by atoms with E-state index in [2.05, 4.69) is 67.5 Å². The van der Waals surface area contributed by atoms with Gasteiger partial charge in [-0.05, 0) is 12.8 Å². The van der Waals surface area contributed by atoms with Crippen molar-refractivity contribution in [2.24, 2.45) is 10.9 Å². The van der Waals surface area contributed by atoms with Gasteiger partial charge >= 0.3 is 0 Å². The van der Waals surface area contributed by atoms with Gasteiger partial charge in [-0.1, -0.05) is 34.6 Å². The van der Waals surface area contributed by atoms with Gasteiger partial charge in [0.2, 0.25) is 0 Å². The zero-order valence-corrected chi connectivity index (χ0v) is 14.6. The Kier molecular flexibility index (Phi) is 5.99. The minimum absolute atomic E-state index is 0.112. The summed E-state index contributed by atoms with van der Waals surface area (Å²) in [6, 6.07) is 0.391. The molecule has 0 bridgehead atoms. The van der Waals surface area contributed by atoms with Crippen LogP contribution in [0, 0.1) is 5.92 Å². The summed E-state index contributed by atoms with van der Waals surface area (Å²) in [5.74, 6) is 1.40. The Bertz CT molecular complexity index is 443. The van der Waals surface area contributed by atoms with Crippen LogP contribution in [0.3, 0.4) is 0 Å². The molecule has 0 radical (unpaired) electrons. The Morgan fingerprint density at radius 1 is 1.35 bits per heavy atom. The van der Waals surface area contributed by atoms with Crippen LogP contribution in [0.4, 0.5) is 0 Å². The SMILES string of the molecule is CN=C(NCc1nc(C(C)(C)C)cs1)NC(C)C(C)C. The lowest BCUT2D eigenvalue weighted by Crippen LogP contribution is -2.43. The van der Waals surface area contributed by atoms with Crippen molar-refractivity contribution in [2.45, 2.75) is 59.5 Å². The molecule has 20 heavy (non-hydrogen) atoms. The van der Waals surface area contributed by atoms with Crippen molar-refractivity contribution in [2.75, 3.05) is 7.05 Å². The van der Waals surface area contributed by atoms with Gasteiger partial charge in [-0.15, -0.1) is 11.3 Å². The molecule has 0 saturated carbocycles. The van der Waals surface area contributed by atoms with Crippen molar-refractivity contribution in [3.05, 3.63) is 16.1 Å². The summed E-state index contributed by atoms with van der Waals surface area (Å²) in [6.07, 6.45) is 0. The minimum atomic E-state index is 0.112. The number of aromatic nitrogens is 1. The fraction of sp³-hybridized carbons (Fsp3) is 0.733. The van der Waals surface area contributed by atoms with Crippen molar-refractivity contribution in [3.63, 3.8) is 0 Å². The highest BCUT2D eigenvalue weighted by Gasteiger charge is 2.17. The molecule has 0 amide bonds. The monoisotopic (exact) mass is 296 g/mol. The molecule has 5 heteroatoms. The van der Waals surface area contributed by atoms with Crippen LogP contribution in [0.5, 0.6) is 0 Å². The van der Waals surface area contributed by atoms with Crippen LogP contribution in [-0.4, -0.2) is 24.0 Å². The largest absolute Gasteiger partial charge is 0.354 e. The Morgan fingerprint density at radius 3 is 2.45 bits per heavy atom. The van der Waals surface area contributed by atoms with E-state index in [0.717, 1.165) is 16.7 Å². The van der Waals surface area contributed by atoms with Crippen molar-refractivity contribution < 1.29 is 0 Å². The van der Waals surface area contributed by atoms with Gasteiger partial charge < -0.3 is 10.6 Å². The average molecular weight is 296 g/mol. The van der Waals surface area contributed by atoms with Crippen molar-refractivity contribution >= 4 is 17.3 Å². The first kappa shape index (κ1) is 17.0. The quantitative estimate of drug-likeness (QED) is 0.663. The highest BCUT2D eigenvalue weighted by molar-refractivity contribution is 7.09. The summed E-state index contributed by atoms with van der Waals surface area (Å²) < 4.78 is 0. The molecule has 1 aromatic heterocycles. The molecular weight excluding hydrogens is 268 g/mol. The number of nitrogens with one attached hydrogen (secondary N) is 2. The van der Waals surface area contributed by atoms with Gasteiger partial charge in [0.1, 0.15) is 5.01 Å². The van der Waals surface area contributed by atoms with Crippen LogP contribution in [0.1, 0.15) is 52.2 Å². The number of nitrogens with zero attached hydrogens (tertiary/aromatic N) is 2. The number of thiazole rings is 1. The molecule has 2 N–H and O–H groups in total. The third-order valence-electron chi connectivity index (χ3n) is 3.32. The predicted octanol–water partition coefficient (Wildman–Crippen LogP) is 3.15. The van der Waals surface area contributed by atoms with E-state index in [9.17, 15) is 0 Å². The van der Waals surface area contributed by atoms with Gasteiger partial charge in [0.05, 0.1) is 12.2 Å². The van der Waals surface area contributed by atoms with Gasteiger partial charge in [-0.25, -0.2) is 4.98 Å². The van der Waals surface area contributed by atoms with Gasteiger partial charge in [0, 0.05) is 23.9 Å². The van der Waals surface area contributed by atoms with Crippen LogP contribution in [-0.2, 0) is 12.0 Å². The number of aliphatic imine (C=N–C) groups is 1. The molecule has 1 heterocycles. The molecule has 0 aromatic carbocycles. The van der Waals surface area contributed by atoms with E-state index in [0.29, 0.717) is 18.5 Å². The molecular formula is C15H28N4S. The summed E-state index contributed by atoms with van der Waals surface area (Å²) in [5, 5.41) is 9.95. The maximum Gasteiger partial charge on any atom is 0.191 e. The predicted molar refractivity (Wildman–Crippen MR) is 88.4 cm³/mol. The summed E-state index contributed by atoms with van der Waals surface area (Å²) in [7, 11) is 1.80. The number of hydrogen-bond acceptors (Lipinski definition) is 3. The molecule has 4 nitrogen and oxygen atoms in total. The molecule has 114 valence electrons. The first-order valence-corrected chi connectivity index (χ1v) is 8.04. The summed E-state index contributed by atoms with van der Waals surface area (Å²) in [5.41, 5.74) is 1.26. The molecule has 0 aliphatic carbocycles. The molecule has 1 unspecified atom stereocenters. The molecule has 0 saturated heterocycles. The second kappa shape index (κ2) is 7.07. The summed E-state index contributed by atoms with van der Waals surface area (Å²) >= 11 is 1.70. The molecule has 1 atom stereocenters. The summed E-state index contributed by atoms with van der Waals surface area (Å²) in [4.78, 5) is 8.93. The van der Waals surface area contributed by atoms with Gasteiger partial charge in [-0.3, -0.25) is 4.99 Å². The number of rotatable bonds is 4. The van der Waals surface area contributed by atoms with Crippen LogP contribution < -0.4 is 10.6 Å². The van der Waals surface area contributed by atoms with E-state index in [1.165, 1.54) is 0 Å². The van der Waals surface area contributed by atoms with Gasteiger partial charge in [0.25, 0.3) is 0 Å². The molecule has 1 aromatic rings. The first-order valence-electron chi connectivity index (χ1n) is 7.16. The summed E-state index contributed by atoms with van der Waals surface area (Å²) in [6.45, 7) is 13.8. The molecule has 0 spiro atoms. The Hall–Kier alpha value is -1.10. The highest BCUT2D eigenvalue weighted by Crippen LogP contribution is 2.23. The molecule has 1 rings (SSSR count). The van der Waals surface area contributed by atoms with Crippen LogP contribution in [0.2, 0.25) is 0 Å². The third kappa shape index (κ3) is 5.12. The number of guanidine groups is 1. The van der Waals surface area contributed by atoms with E-state index in [1.54, 1.807) is 18.4 Å². The van der Waals surface area contributed by atoms with E-state index < -0.39 is 0 Å². The first-order chi connectivity index (χ1) is 9.24. The smallest absolute Gasteiger partial charge is 0.191 e. The fourth-order valence-electron chi connectivity index (χ4n) is 1.47. The van der Waals surface area contributed by atoms with Crippen LogP contribution in [0.25, 0.3) is 0 Å². The highest BCUT2D eigenvalue weighted by atomic mass is 32.1. The number of hydrogen-bond donors (Lipinski definition) is 2. The lowest BCUT2D eigenvalue weighted by atomic mass is 9.93. The minimum Gasteiger partial charge on any atom is -0.354 e. The van der Waals surface area contributed by atoms with Gasteiger partial charge in [-0.2, -0.15) is 0 Å². The van der Waals surface area contributed by atoms with Crippen molar-refractivity contribution in [1.29, 1.82) is 0 Å². The van der Waals surface area contributed by atoms with Gasteiger partial charge in [0.15, 0.2) is 5.96 Å². The third-order valence-corrected chi connectivity index (χ3v) is 4.16. The van der Waals surface area contributed by atoms with Crippen molar-refractivity contribution in [1.82, 2.24) is 15.6 Å². The standard InChI is InChI=1S/C15H28N4S/c1-10(2)11(3)18-14(16-7)17-8-13-19-12(9-20-13)15(4,5)6/h9-11H,8H2,1-7H3,(H2,16,17,18). The van der Waals surface area contributed by atoms with E-state index in [-0.39, 0.29) is 5.41 Å². The average Bonchev–Trinajstić information content (AvgIpc) is 2.82. The van der Waals surface area contributed by atoms with E-state index >= 15 is 0 Å².